The summed E-state index contributed by atoms with van der Waals surface area (Å²) in [5.74, 6) is 0.508. The van der Waals surface area contributed by atoms with Crippen LogP contribution < -0.4 is 15.0 Å². The molecule has 0 spiro atoms. The zero-order chi connectivity index (χ0) is 20.9. The first kappa shape index (κ1) is 20.4. The molecule has 2 aromatic carbocycles. The summed E-state index contributed by atoms with van der Waals surface area (Å²) in [5, 5.41) is 3.03. The average molecular weight is 408 g/mol. The minimum absolute atomic E-state index is 0.0598. The molecule has 2 heterocycles. The van der Waals surface area contributed by atoms with Crippen LogP contribution in [-0.2, 0) is 22.7 Å². The van der Waals surface area contributed by atoms with E-state index in [1.54, 1.807) is 11.8 Å². The van der Waals surface area contributed by atoms with Gasteiger partial charge in [0.25, 0.3) is 5.91 Å². The lowest BCUT2D eigenvalue weighted by atomic mass is 10.1. The molecule has 0 radical (unpaired) electrons. The van der Waals surface area contributed by atoms with Crippen LogP contribution in [0.5, 0.6) is 5.75 Å². The number of carbonyl (C=O) groups excluding carboxylic acids is 2. The van der Waals surface area contributed by atoms with E-state index in [2.05, 4.69) is 28.4 Å². The highest BCUT2D eigenvalue weighted by molar-refractivity contribution is 6.00. The smallest absolute Gasteiger partial charge is 0.267 e. The standard InChI is InChI=1S/C24H29N3O3/c1-18-24(29)27(21-10-4-5-11-22(21)30-18)15-12-23(28)25-16-19-8-2-3-9-20(19)17-26-13-6-7-14-26/h2-5,8-11,18H,6-7,12-17H2,1H3,(H,25,28). The maximum absolute atomic E-state index is 12.6. The number of nitrogens with zero attached hydrogens (tertiary/aromatic N) is 2. The first-order valence-corrected chi connectivity index (χ1v) is 10.7. The van der Waals surface area contributed by atoms with Gasteiger partial charge < -0.3 is 15.0 Å². The summed E-state index contributed by atoms with van der Waals surface area (Å²) in [4.78, 5) is 29.2. The molecule has 4 rings (SSSR count). The number of benzene rings is 2. The summed E-state index contributed by atoms with van der Waals surface area (Å²) in [6.07, 6.45) is 2.24. The van der Waals surface area contributed by atoms with Gasteiger partial charge in [0.1, 0.15) is 5.75 Å². The van der Waals surface area contributed by atoms with E-state index >= 15 is 0 Å². The highest BCUT2D eigenvalue weighted by Gasteiger charge is 2.31. The fourth-order valence-corrected chi connectivity index (χ4v) is 4.15. The van der Waals surface area contributed by atoms with E-state index in [0.29, 0.717) is 18.8 Å². The van der Waals surface area contributed by atoms with Gasteiger partial charge in [0.2, 0.25) is 5.91 Å². The van der Waals surface area contributed by atoms with Gasteiger partial charge in [-0.1, -0.05) is 36.4 Å². The molecule has 1 N–H and O–H groups in total. The zero-order valence-electron chi connectivity index (χ0n) is 17.5. The summed E-state index contributed by atoms with van der Waals surface area (Å²) < 4.78 is 5.66. The van der Waals surface area contributed by atoms with Gasteiger partial charge in [-0.05, 0) is 56.1 Å². The van der Waals surface area contributed by atoms with Crippen molar-refractivity contribution >= 4 is 17.5 Å². The molecule has 6 heteroatoms. The van der Waals surface area contributed by atoms with E-state index in [-0.39, 0.29) is 18.2 Å². The number of fused-ring (bicyclic) bond motifs is 1. The molecule has 158 valence electrons. The molecule has 2 aromatic rings. The summed E-state index contributed by atoms with van der Waals surface area (Å²) in [6.45, 7) is 5.81. The number of rotatable bonds is 7. The minimum Gasteiger partial charge on any atom is -0.479 e. The van der Waals surface area contributed by atoms with E-state index in [9.17, 15) is 9.59 Å². The quantitative estimate of drug-likeness (QED) is 0.766. The van der Waals surface area contributed by atoms with Crippen molar-refractivity contribution in [2.45, 2.75) is 45.4 Å². The average Bonchev–Trinajstić information content (AvgIpc) is 3.26. The van der Waals surface area contributed by atoms with Crippen molar-refractivity contribution in [1.29, 1.82) is 0 Å². The molecule has 30 heavy (non-hydrogen) atoms. The monoisotopic (exact) mass is 407 g/mol. The van der Waals surface area contributed by atoms with Crippen molar-refractivity contribution in [2.75, 3.05) is 24.5 Å². The molecule has 0 bridgehead atoms. The first-order valence-electron chi connectivity index (χ1n) is 10.7. The van der Waals surface area contributed by atoms with Crippen LogP contribution in [0.1, 0.15) is 37.3 Å². The summed E-state index contributed by atoms with van der Waals surface area (Å²) in [7, 11) is 0. The lowest BCUT2D eigenvalue weighted by Gasteiger charge is -2.32. The van der Waals surface area contributed by atoms with E-state index in [0.717, 1.165) is 30.9 Å². The molecule has 2 aliphatic rings. The molecule has 0 aliphatic carbocycles. The SMILES string of the molecule is CC1Oc2ccccc2N(CCC(=O)NCc2ccccc2CN2CCCC2)C1=O. The lowest BCUT2D eigenvalue weighted by molar-refractivity contribution is -0.125. The van der Waals surface area contributed by atoms with Crippen LogP contribution in [-0.4, -0.2) is 42.5 Å². The summed E-state index contributed by atoms with van der Waals surface area (Å²) in [5.41, 5.74) is 3.15. The predicted octanol–water partition coefficient (Wildman–Crippen LogP) is 3.10. The molecule has 1 unspecified atom stereocenters. The van der Waals surface area contributed by atoms with Gasteiger partial charge >= 0.3 is 0 Å². The fraction of sp³-hybridized carbons (Fsp3) is 0.417. The van der Waals surface area contributed by atoms with Crippen LogP contribution >= 0.6 is 0 Å². The number of amides is 2. The number of para-hydroxylation sites is 2. The highest BCUT2D eigenvalue weighted by Crippen LogP contribution is 2.33. The Kier molecular flexibility index (Phi) is 6.33. The topological polar surface area (TPSA) is 61.9 Å². The Bertz CT molecular complexity index is 908. The molecule has 0 saturated carbocycles. The van der Waals surface area contributed by atoms with Crippen molar-refractivity contribution in [3.8, 4) is 5.75 Å². The fourth-order valence-electron chi connectivity index (χ4n) is 4.15. The van der Waals surface area contributed by atoms with Crippen LogP contribution in [0.25, 0.3) is 0 Å². The molecular formula is C24H29N3O3. The van der Waals surface area contributed by atoms with Crippen LogP contribution in [0.15, 0.2) is 48.5 Å². The molecular weight excluding hydrogens is 378 g/mol. The number of hydrogen-bond acceptors (Lipinski definition) is 4. The Morgan fingerprint density at radius 1 is 1.07 bits per heavy atom. The van der Waals surface area contributed by atoms with E-state index in [1.807, 2.05) is 30.3 Å². The van der Waals surface area contributed by atoms with Gasteiger partial charge in [-0.3, -0.25) is 14.5 Å². The number of likely N-dealkylation sites (tertiary alicyclic amines) is 1. The van der Waals surface area contributed by atoms with Gasteiger partial charge in [-0.2, -0.15) is 0 Å². The Labute approximate surface area is 177 Å². The van der Waals surface area contributed by atoms with Crippen molar-refractivity contribution in [2.24, 2.45) is 0 Å². The third kappa shape index (κ3) is 4.65. The molecule has 6 nitrogen and oxygen atoms in total. The number of hydrogen-bond donors (Lipinski definition) is 1. The van der Waals surface area contributed by atoms with Crippen LogP contribution in [0.3, 0.4) is 0 Å². The second-order valence-electron chi connectivity index (χ2n) is 8.00. The van der Waals surface area contributed by atoms with E-state index in [4.69, 9.17) is 4.74 Å². The minimum atomic E-state index is -0.541. The Morgan fingerprint density at radius 2 is 1.77 bits per heavy atom. The lowest BCUT2D eigenvalue weighted by Crippen LogP contribution is -2.45. The second-order valence-corrected chi connectivity index (χ2v) is 8.00. The summed E-state index contributed by atoms with van der Waals surface area (Å²) >= 11 is 0. The van der Waals surface area contributed by atoms with Gasteiger partial charge in [0.15, 0.2) is 6.10 Å². The van der Waals surface area contributed by atoms with Gasteiger partial charge in [-0.15, -0.1) is 0 Å². The highest BCUT2D eigenvalue weighted by atomic mass is 16.5. The van der Waals surface area contributed by atoms with Crippen molar-refractivity contribution < 1.29 is 14.3 Å². The molecule has 1 saturated heterocycles. The van der Waals surface area contributed by atoms with Crippen LogP contribution in [0.2, 0.25) is 0 Å². The number of ether oxygens (including phenoxy) is 1. The Balaban J connectivity index is 1.33. The third-order valence-electron chi connectivity index (χ3n) is 5.82. The predicted molar refractivity (Wildman–Crippen MR) is 116 cm³/mol. The molecule has 2 amide bonds. The maximum atomic E-state index is 12.6. The Hall–Kier alpha value is -2.86. The second kappa shape index (κ2) is 9.30. The third-order valence-corrected chi connectivity index (χ3v) is 5.82. The number of nitrogens with one attached hydrogen (secondary N) is 1. The van der Waals surface area contributed by atoms with Crippen molar-refractivity contribution in [3.05, 3.63) is 59.7 Å². The number of carbonyl (C=O) groups is 2. The van der Waals surface area contributed by atoms with Crippen molar-refractivity contribution in [3.63, 3.8) is 0 Å². The summed E-state index contributed by atoms with van der Waals surface area (Å²) in [6, 6.07) is 15.7. The van der Waals surface area contributed by atoms with Crippen LogP contribution in [0.4, 0.5) is 5.69 Å². The number of anilines is 1. The normalized spacial score (nSPS) is 18.8. The molecule has 1 atom stereocenters. The maximum Gasteiger partial charge on any atom is 0.267 e. The van der Waals surface area contributed by atoms with Gasteiger partial charge in [0, 0.05) is 26.1 Å². The first-order chi connectivity index (χ1) is 14.6. The van der Waals surface area contributed by atoms with E-state index < -0.39 is 6.10 Å². The van der Waals surface area contributed by atoms with Crippen molar-refractivity contribution in [1.82, 2.24) is 10.2 Å². The molecule has 1 fully saturated rings. The molecule has 2 aliphatic heterocycles. The largest absolute Gasteiger partial charge is 0.479 e. The van der Waals surface area contributed by atoms with Gasteiger partial charge in [0.05, 0.1) is 5.69 Å². The van der Waals surface area contributed by atoms with Crippen LogP contribution in [0, 0.1) is 0 Å². The van der Waals surface area contributed by atoms with E-state index in [1.165, 1.54) is 18.4 Å². The molecule has 0 aromatic heterocycles. The van der Waals surface area contributed by atoms with Gasteiger partial charge in [-0.25, -0.2) is 0 Å². The Morgan fingerprint density at radius 3 is 2.57 bits per heavy atom. The zero-order valence-corrected chi connectivity index (χ0v) is 17.5.